The average molecular weight is 438 g/mol. The van der Waals surface area contributed by atoms with Gasteiger partial charge in [-0.15, -0.1) is 0 Å². The smallest absolute Gasteiger partial charge is 0.343 e. The first-order chi connectivity index (χ1) is 15.6. The summed E-state index contributed by atoms with van der Waals surface area (Å²) in [6.07, 6.45) is 5.31. The van der Waals surface area contributed by atoms with E-state index >= 15 is 0 Å². The standard InChI is InChI=1S/C26H31NO5/c28-25(26(29,21-8-4-5-9-21)20-6-2-1-3-7-20)32-22-13-15-27(17-22)14-12-19-10-11-23-24(16-19)31-18-30-23/h1-3,6-7,10-11,16,21-22,29H,4-5,8-9,12-15,17-18H2/t22-,26?/m0/s1. The second kappa shape index (κ2) is 9.12. The molecule has 170 valence electrons. The second-order valence-electron chi connectivity index (χ2n) is 9.17. The Morgan fingerprint density at radius 2 is 1.84 bits per heavy atom. The number of hydrogen-bond donors (Lipinski definition) is 1. The molecular weight excluding hydrogens is 406 g/mol. The van der Waals surface area contributed by atoms with E-state index in [0.29, 0.717) is 12.1 Å². The molecule has 2 aromatic carbocycles. The fourth-order valence-corrected chi connectivity index (χ4v) is 5.28. The Balaban J connectivity index is 1.19. The molecule has 5 rings (SSSR count). The first-order valence-electron chi connectivity index (χ1n) is 11.7. The van der Waals surface area contributed by atoms with Crippen LogP contribution in [0.25, 0.3) is 0 Å². The lowest BCUT2D eigenvalue weighted by molar-refractivity contribution is -0.178. The molecule has 1 N–H and O–H groups in total. The molecule has 1 aliphatic carbocycles. The summed E-state index contributed by atoms with van der Waals surface area (Å²) in [5.41, 5.74) is 0.293. The topological polar surface area (TPSA) is 68.2 Å². The molecule has 2 aromatic rings. The molecule has 2 fully saturated rings. The minimum Gasteiger partial charge on any atom is -0.459 e. The van der Waals surface area contributed by atoms with Gasteiger partial charge in [-0.1, -0.05) is 49.2 Å². The predicted octanol–water partition coefficient (Wildman–Crippen LogP) is 3.65. The number of ether oxygens (including phenoxy) is 3. The number of carbonyl (C=O) groups excluding carboxylic acids is 1. The van der Waals surface area contributed by atoms with Gasteiger partial charge in [-0.25, -0.2) is 4.79 Å². The maximum Gasteiger partial charge on any atom is 0.343 e. The van der Waals surface area contributed by atoms with E-state index < -0.39 is 11.6 Å². The third-order valence-electron chi connectivity index (χ3n) is 7.13. The maximum absolute atomic E-state index is 13.3. The molecule has 0 amide bonds. The van der Waals surface area contributed by atoms with Crippen LogP contribution in [0.1, 0.15) is 43.2 Å². The monoisotopic (exact) mass is 437 g/mol. The predicted molar refractivity (Wildman–Crippen MR) is 120 cm³/mol. The van der Waals surface area contributed by atoms with Crippen LogP contribution >= 0.6 is 0 Å². The number of aliphatic hydroxyl groups is 1. The molecule has 6 heteroatoms. The number of carbonyl (C=O) groups is 1. The molecule has 32 heavy (non-hydrogen) atoms. The van der Waals surface area contributed by atoms with Gasteiger partial charge in [-0.3, -0.25) is 4.90 Å². The summed E-state index contributed by atoms with van der Waals surface area (Å²) in [7, 11) is 0. The van der Waals surface area contributed by atoms with Gasteiger partial charge in [0.25, 0.3) is 0 Å². The van der Waals surface area contributed by atoms with Gasteiger partial charge in [0.15, 0.2) is 17.1 Å². The van der Waals surface area contributed by atoms with Gasteiger partial charge in [0.05, 0.1) is 0 Å². The highest BCUT2D eigenvalue weighted by Crippen LogP contribution is 2.42. The molecule has 6 nitrogen and oxygen atoms in total. The SMILES string of the molecule is O=C(O[C@H]1CCN(CCc2ccc3c(c2)OCO3)C1)C(O)(c1ccccc1)C1CCCC1. The van der Waals surface area contributed by atoms with Gasteiger partial charge in [-0.05, 0) is 48.9 Å². The van der Waals surface area contributed by atoms with Crippen LogP contribution in [0.4, 0.5) is 0 Å². The van der Waals surface area contributed by atoms with E-state index in [4.69, 9.17) is 14.2 Å². The Morgan fingerprint density at radius 3 is 2.66 bits per heavy atom. The van der Waals surface area contributed by atoms with Gasteiger partial charge in [0, 0.05) is 25.6 Å². The molecule has 1 saturated heterocycles. The van der Waals surface area contributed by atoms with Crippen LogP contribution in [0.15, 0.2) is 48.5 Å². The van der Waals surface area contributed by atoms with Gasteiger partial charge in [-0.2, -0.15) is 0 Å². The summed E-state index contributed by atoms with van der Waals surface area (Å²) < 4.78 is 16.8. The van der Waals surface area contributed by atoms with Crippen LogP contribution in [-0.4, -0.2) is 48.5 Å². The van der Waals surface area contributed by atoms with Crippen LogP contribution in [0, 0.1) is 5.92 Å². The average Bonchev–Trinajstić information content (AvgIpc) is 3.59. The molecule has 1 unspecified atom stereocenters. The zero-order valence-corrected chi connectivity index (χ0v) is 18.4. The highest BCUT2D eigenvalue weighted by Gasteiger charge is 2.48. The van der Waals surface area contributed by atoms with Crippen LogP contribution in [0.3, 0.4) is 0 Å². The van der Waals surface area contributed by atoms with Gasteiger partial charge in [0.2, 0.25) is 6.79 Å². The van der Waals surface area contributed by atoms with E-state index in [1.807, 2.05) is 42.5 Å². The van der Waals surface area contributed by atoms with E-state index in [1.54, 1.807) is 0 Å². The Hall–Kier alpha value is -2.57. The van der Waals surface area contributed by atoms with E-state index in [9.17, 15) is 9.90 Å². The van der Waals surface area contributed by atoms with Crippen LogP contribution in [0.2, 0.25) is 0 Å². The minimum atomic E-state index is -1.56. The van der Waals surface area contributed by atoms with Crippen LogP contribution in [-0.2, 0) is 21.6 Å². The first kappa shape index (κ1) is 21.3. The lowest BCUT2D eigenvalue weighted by atomic mass is 9.80. The zero-order valence-electron chi connectivity index (χ0n) is 18.4. The molecule has 3 aliphatic rings. The van der Waals surface area contributed by atoms with Gasteiger partial charge >= 0.3 is 5.97 Å². The van der Waals surface area contributed by atoms with Crippen molar-refractivity contribution in [3.63, 3.8) is 0 Å². The largest absolute Gasteiger partial charge is 0.459 e. The summed E-state index contributed by atoms with van der Waals surface area (Å²) >= 11 is 0. The number of nitrogens with zero attached hydrogens (tertiary/aromatic N) is 1. The summed E-state index contributed by atoms with van der Waals surface area (Å²) in [4.78, 5) is 15.6. The van der Waals surface area contributed by atoms with Gasteiger partial charge in [0.1, 0.15) is 6.10 Å². The fraction of sp³-hybridized carbons (Fsp3) is 0.500. The lowest BCUT2D eigenvalue weighted by Crippen LogP contribution is -2.45. The second-order valence-corrected chi connectivity index (χ2v) is 9.17. The highest BCUT2D eigenvalue weighted by molar-refractivity contribution is 5.81. The van der Waals surface area contributed by atoms with Crippen molar-refractivity contribution >= 4 is 5.97 Å². The molecule has 2 heterocycles. The molecule has 0 radical (unpaired) electrons. The highest BCUT2D eigenvalue weighted by atomic mass is 16.7. The quantitative estimate of drug-likeness (QED) is 0.667. The molecule has 2 atom stereocenters. The Labute approximate surface area is 189 Å². The number of rotatable bonds is 7. The Kier molecular flexibility index (Phi) is 6.07. The number of fused-ring (bicyclic) bond motifs is 1. The fourth-order valence-electron chi connectivity index (χ4n) is 5.28. The van der Waals surface area contributed by atoms with Crippen LogP contribution < -0.4 is 9.47 Å². The van der Waals surface area contributed by atoms with E-state index in [0.717, 1.165) is 63.1 Å². The molecule has 0 aromatic heterocycles. The first-order valence-corrected chi connectivity index (χ1v) is 11.7. The molecular formula is C26H31NO5. The Morgan fingerprint density at radius 1 is 1.06 bits per heavy atom. The van der Waals surface area contributed by atoms with Crippen molar-refractivity contribution in [1.82, 2.24) is 4.90 Å². The van der Waals surface area contributed by atoms with E-state index in [-0.39, 0.29) is 18.8 Å². The third-order valence-corrected chi connectivity index (χ3v) is 7.13. The maximum atomic E-state index is 13.3. The zero-order chi connectivity index (χ0) is 22.0. The van der Waals surface area contributed by atoms with Crippen molar-refractivity contribution in [3.05, 3.63) is 59.7 Å². The minimum absolute atomic E-state index is 0.0825. The Bertz CT molecular complexity index is 942. The number of benzene rings is 2. The van der Waals surface area contributed by atoms with E-state index in [2.05, 4.69) is 11.0 Å². The van der Waals surface area contributed by atoms with Crippen molar-refractivity contribution in [2.45, 2.75) is 50.2 Å². The molecule has 0 spiro atoms. The molecule has 1 saturated carbocycles. The lowest BCUT2D eigenvalue weighted by Gasteiger charge is -2.33. The van der Waals surface area contributed by atoms with E-state index in [1.165, 1.54) is 5.56 Å². The number of hydrogen-bond acceptors (Lipinski definition) is 6. The number of esters is 1. The third kappa shape index (κ3) is 4.21. The number of likely N-dealkylation sites (tertiary alicyclic amines) is 1. The van der Waals surface area contributed by atoms with Crippen molar-refractivity contribution < 1.29 is 24.1 Å². The normalized spacial score (nSPS) is 22.7. The summed E-state index contributed by atoms with van der Waals surface area (Å²) in [5, 5.41) is 11.6. The molecule has 0 bridgehead atoms. The van der Waals surface area contributed by atoms with Crippen molar-refractivity contribution in [2.24, 2.45) is 5.92 Å². The summed E-state index contributed by atoms with van der Waals surface area (Å²) in [6.45, 7) is 2.76. The summed E-state index contributed by atoms with van der Waals surface area (Å²) in [5.74, 6) is 1.04. The van der Waals surface area contributed by atoms with Crippen molar-refractivity contribution in [3.8, 4) is 11.5 Å². The van der Waals surface area contributed by atoms with Gasteiger partial charge < -0.3 is 19.3 Å². The molecule has 2 aliphatic heterocycles. The summed E-state index contributed by atoms with van der Waals surface area (Å²) in [6, 6.07) is 15.4. The van der Waals surface area contributed by atoms with Crippen molar-refractivity contribution in [2.75, 3.05) is 26.4 Å². The van der Waals surface area contributed by atoms with Crippen molar-refractivity contribution in [1.29, 1.82) is 0 Å². The van der Waals surface area contributed by atoms with Crippen LogP contribution in [0.5, 0.6) is 11.5 Å².